The first-order chi connectivity index (χ1) is 11.5. The molecule has 8 heteroatoms. The van der Waals surface area contributed by atoms with Gasteiger partial charge in [-0.2, -0.15) is 10.4 Å². The second kappa shape index (κ2) is 6.02. The first-order valence-electron chi connectivity index (χ1n) is 6.84. The summed E-state index contributed by atoms with van der Waals surface area (Å²) in [4.78, 5) is 15.8. The minimum Gasteiger partial charge on any atom is -0.382 e. The summed E-state index contributed by atoms with van der Waals surface area (Å²) in [7, 11) is 0. The number of nitrogens with one attached hydrogen (secondary N) is 3. The molecule has 0 bridgehead atoms. The van der Waals surface area contributed by atoms with Crippen LogP contribution in [0.25, 0.3) is 21.8 Å². The number of hydrogen-bond donors (Lipinski definition) is 4. The van der Waals surface area contributed by atoms with Crippen molar-refractivity contribution in [2.75, 3.05) is 5.43 Å². The summed E-state index contributed by atoms with van der Waals surface area (Å²) in [5.41, 5.74) is 8.97. The topological polar surface area (TPSA) is 131 Å². The van der Waals surface area contributed by atoms with E-state index in [1.54, 1.807) is 42.5 Å². The maximum atomic E-state index is 12.6. The van der Waals surface area contributed by atoms with Crippen molar-refractivity contribution >= 4 is 50.6 Å². The van der Waals surface area contributed by atoms with Crippen LogP contribution >= 0.6 is 11.6 Å². The lowest BCUT2D eigenvalue weighted by Gasteiger charge is -2.08. The number of H-pyrrole nitrogens is 1. The highest BCUT2D eigenvalue weighted by atomic mass is 35.5. The molecule has 24 heavy (non-hydrogen) atoms. The summed E-state index contributed by atoms with van der Waals surface area (Å²) >= 11 is 6.17. The zero-order valence-electron chi connectivity index (χ0n) is 12.2. The van der Waals surface area contributed by atoms with Gasteiger partial charge in [0.2, 0.25) is 5.71 Å². The number of hydrogen-bond acceptors (Lipinski definition) is 5. The van der Waals surface area contributed by atoms with Crippen LogP contribution < -0.4 is 16.6 Å². The second-order valence-electron chi connectivity index (χ2n) is 4.94. The number of aromatic nitrogens is 1. The van der Waals surface area contributed by atoms with E-state index in [4.69, 9.17) is 28.0 Å². The number of rotatable bonds is 3. The minimum absolute atomic E-state index is 0.166. The Morgan fingerprint density at radius 1 is 1.25 bits per heavy atom. The molecular weight excluding hydrogens is 328 g/mol. The molecule has 0 amide bonds. The molecule has 1 heterocycles. The highest BCUT2D eigenvalue weighted by Gasteiger charge is 2.10. The van der Waals surface area contributed by atoms with Gasteiger partial charge in [-0.3, -0.25) is 15.6 Å². The molecule has 118 valence electrons. The lowest BCUT2D eigenvalue weighted by Crippen LogP contribution is -2.22. The van der Waals surface area contributed by atoms with Crippen molar-refractivity contribution in [2.45, 2.75) is 0 Å². The van der Waals surface area contributed by atoms with Gasteiger partial charge in [-0.25, -0.2) is 0 Å². The molecule has 0 aliphatic rings. The third-order valence-corrected chi connectivity index (χ3v) is 3.78. The second-order valence-corrected chi connectivity index (χ2v) is 5.35. The zero-order valence-corrected chi connectivity index (χ0v) is 13.0. The van der Waals surface area contributed by atoms with Crippen molar-refractivity contribution in [1.29, 1.82) is 10.7 Å². The molecule has 0 saturated carbocycles. The molecule has 0 saturated heterocycles. The van der Waals surface area contributed by atoms with Crippen LogP contribution in [0.2, 0.25) is 5.02 Å². The van der Waals surface area contributed by atoms with Crippen LogP contribution in [-0.4, -0.2) is 16.5 Å². The smallest absolute Gasteiger partial charge is 0.201 e. The molecule has 0 atom stereocenters. The molecular formula is C16H11ClN6O. The van der Waals surface area contributed by atoms with Crippen LogP contribution in [0, 0.1) is 16.7 Å². The predicted octanol–water partition coefficient (Wildman–Crippen LogP) is 2.56. The number of nitriles is 1. The molecule has 0 unspecified atom stereocenters. The van der Waals surface area contributed by atoms with Gasteiger partial charge in [-0.05, 0) is 24.3 Å². The number of nitrogens with zero attached hydrogens (tertiary/aromatic N) is 2. The van der Waals surface area contributed by atoms with E-state index < -0.39 is 5.84 Å². The third-order valence-electron chi connectivity index (χ3n) is 3.47. The molecule has 0 radical (unpaired) electrons. The van der Waals surface area contributed by atoms with Crippen LogP contribution in [0.4, 0.5) is 5.69 Å². The Hall–Kier alpha value is -3.37. The summed E-state index contributed by atoms with van der Waals surface area (Å²) in [6, 6.07) is 11.9. The average Bonchev–Trinajstić information content (AvgIpc) is 2.57. The van der Waals surface area contributed by atoms with Crippen molar-refractivity contribution in [3.63, 3.8) is 0 Å². The van der Waals surface area contributed by atoms with Crippen LogP contribution in [-0.2, 0) is 0 Å². The number of halogens is 1. The van der Waals surface area contributed by atoms with Gasteiger partial charge in [0.05, 0.1) is 21.7 Å². The Kier molecular flexibility index (Phi) is 3.90. The van der Waals surface area contributed by atoms with Crippen LogP contribution in [0.1, 0.15) is 0 Å². The summed E-state index contributed by atoms with van der Waals surface area (Å²) < 4.78 is 0. The molecule has 5 N–H and O–H groups in total. The van der Waals surface area contributed by atoms with Gasteiger partial charge in [0, 0.05) is 10.8 Å². The van der Waals surface area contributed by atoms with E-state index in [0.717, 1.165) is 0 Å². The Balaban J connectivity index is 2.26. The number of hydrazone groups is 1. The Labute approximate surface area is 140 Å². The van der Waals surface area contributed by atoms with E-state index >= 15 is 0 Å². The number of anilines is 1. The normalized spacial score (nSPS) is 11.4. The number of fused-ring (bicyclic) bond motifs is 2. The Morgan fingerprint density at radius 3 is 2.58 bits per heavy atom. The standard InChI is InChI=1S/C16H11ClN6O/c17-10-5-1-3-8-13(10)21-14-9(15(8)24)4-2-6-11(14)22-23-12(7-18)16(19)20/h1-6,22H,(H3,19,20)(H,21,24)/b23-12+. The Morgan fingerprint density at radius 2 is 1.92 bits per heavy atom. The fourth-order valence-electron chi connectivity index (χ4n) is 2.34. The highest BCUT2D eigenvalue weighted by Crippen LogP contribution is 2.25. The molecule has 0 spiro atoms. The number of aromatic amines is 1. The van der Waals surface area contributed by atoms with E-state index in [-0.39, 0.29) is 11.1 Å². The van der Waals surface area contributed by atoms with Crippen molar-refractivity contribution in [3.8, 4) is 6.07 Å². The van der Waals surface area contributed by atoms with Crippen molar-refractivity contribution in [2.24, 2.45) is 10.8 Å². The van der Waals surface area contributed by atoms with E-state index in [1.807, 2.05) is 0 Å². The Bertz CT molecular complexity index is 1110. The van der Waals surface area contributed by atoms with Gasteiger partial charge in [-0.15, -0.1) is 0 Å². The number of amidine groups is 1. The SMILES string of the molecule is N#C/C(=N\Nc1cccc2c(=O)c3cccc(Cl)c3[nH]c12)C(=N)N. The summed E-state index contributed by atoms with van der Waals surface area (Å²) in [5.74, 6) is -0.452. The first-order valence-corrected chi connectivity index (χ1v) is 7.22. The van der Waals surface area contributed by atoms with Crippen LogP contribution in [0.5, 0.6) is 0 Å². The van der Waals surface area contributed by atoms with E-state index in [1.165, 1.54) is 0 Å². The lowest BCUT2D eigenvalue weighted by molar-refractivity contribution is 1.33. The maximum absolute atomic E-state index is 12.6. The minimum atomic E-state index is -0.452. The molecule has 2 aromatic carbocycles. The maximum Gasteiger partial charge on any atom is 0.201 e. The largest absolute Gasteiger partial charge is 0.382 e. The number of benzene rings is 2. The van der Waals surface area contributed by atoms with Crippen molar-refractivity contribution < 1.29 is 0 Å². The fraction of sp³-hybridized carbons (Fsp3) is 0. The van der Waals surface area contributed by atoms with Crippen LogP contribution in [0.15, 0.2) is 46.3 Å². The molecule has 3 aromatic rings. The van der Waals surface area contributed by atoms with Crippen molar-refractivity contribution in [1.82, 2.24) is 4.98 Å². The summed E-state index contributed by atoms with van der Waals surface area (Å²) in [5, 5.41) is 21.3. The van der Waals surface area contributed by atoms with Gasteiger partial charge in [0.15, 0.2) is 11.3 Å². The molecule has 1 aromatic heterocycles. The van der Waals surface area contributed by atoms with E-state index in [9.17, 15) is 4.79 Å². The molecule has 3 rings (SSSR count). The predicted molar refractivity (Wildman–Crippen MR) is 95.7 cm³/mol. The fourth-order valence-corrected chi connectivity index (χ4v) is 2.56. The van der Waals surface area contributed by atoms with Crippen LogP contribution in [0.3, 0.4) is 0 Å². The molecule has 7 nitrogen and oxygen atoms in total. The summed E-state index contributed by atoms with van der Waals surface area (Å²) in [6.07, 6.45) is 0. The van der Waals surface area contributed by atoms with Gasteiger partial charge >= 0.3 is 0 Å². The van der Waals surface area contributed by atoms with Gasteiger partial charge < -0.3 is 10.7 Å². The molecule has 0 fully saturated rings. The van der Waals surface area contributed by atoms with E-state index in [0.29, 0.717) is 32.5 Å². The molecule has 0 aliphatic heterocycles. The highest BCUT2D eigenvalue weighted by molar-refractivity contribution is 6.45. The lowest BCUT2D eigenvalue weighted by atomic mass is 10.1. The first kappa shape index (κ1) is 15.5. The third kappa shape index (κ3) is 2.55. The number of para-hydroxylation sites is 2. The number of nitrogens with two attached hydrogens (primary N) is 1. The summed E-state index contributed by atoms with van der Waals surface area (Å²) in [6.45, 7) is 0. The monoisotopic (exact) mass is 338 g/mol. The average molecular weight is 339 g/mol. The molecule has 0 aliphatic carbocycles. The van der Waals surface area contributed by atoms with Gasteiger partial charge in [-0.1, -0.05) is 23.7 Å². The zero-order chi connectivity index (χ0) is 17.3. The van der Waals surface area contributed by atoms with E-state index in [2.05, 4.69) is 15.5 Å². The van der Waals surface area contributed by atoms with Crippen molar-refractivity contribution in [3.05, 3.63) is 51.6 Å². The quantitative estimate of drug-likeness (QED) is 0.253. The van der Waals surface area contributed by atoms with Gasteiger partial charge in [0.1, 0.15) is 6.07 Å². The number of pyridine rings is 1. The van der Waals surface area contributed by atoms with Gasteiger partial charge in [0.25, 0.3) is 0 Å².